The fourth-order valence-electron chi connectivity index (χ4n) is 3.43. The number of hydrogen-bond donors (Lipinski definition) is 2. The summed E-state index contributed by atoms with van der Waals surface area (Å²) in [6.07, 6.45) is 3.73. The molecule has 168 valence electrons. The van der Waals surface area contributed by atoms with Crippen LogP contribution in [0, 0.1) is 0 Å². The molecule has 0 unspecified atom stereocenters. The maximum atomic E-state index is 11.6. The number of urea groups is 1. The van der Waals surface area contributed by atoms with Crippen LogP contribution in [0.3, 0.4) is 0 Å². The Morgan fingerprint density at radius 2 is 2.09 bits per heavy atom. The molecule has 9 nitrogen and oxygen atoms in total. The van der Waals surface area contributed by atoms with Gasteiger partial charge in [0.05, 0.1) is 24.9 Å². The van der Waals surface area contributed by atoms with Gasteiger partial charge in [-0.25, -0.2) is 19.7 Å². The Labute approximate surface area is 191 Å². The predicted molar refractivity (Wildman–Crippen MR) is 126 cm³/mol. The van der Waals surface area contributed by atoms with Gasteiger partial charge in [0.15, 0.2) is 11.0 Å². The van der Waals surface area contributed by atoms with Crippen molar-refractivity contribution in [2.45, 2.75) is 23.9 Å². The molecule has 10 heteroatoms. The van der Waals surface area contributed by atoms with Crippen LogP contribution in [0.2, 0.25) is 0 Å². The monoisotopic (exact) mass is 453 g/mol. The molecular weight excluding hydrogens is 426 g/mol. The van der Waals surface area contributed by atoms with Crippen LogP contribution in [0.4, 0.5) is 16.3 Å². The summed E-state index contributed by atoms with van der Waals surface area (Å²) in [6, 6.07) is 9.57. The van der Waals surface area contributed by atoms with Gasteiger partial charge in [-0.05, 0) is 31.2 Å². The van der Waals surface area contributed by atoms with Crippen molar-refractivity contribution >= 4 is 29.3 Å². The van der Waals surface area contributed by atoms with E-state index in [0.29, 0.717) is 30.5 Å². The molecule has 0 aliphatic carbocycles. The first-order valence-corrected chi connectivity index (χ1v) is 11.4. The van der Waals surface area contributed by atoms with Gasteiger partial charge in [-0.1, -0.05) is 11.8 Å². The Morgan fingerprint density at radius 3 is 2.78 bits per heavy atom. The van der Waals surface area contributed by atoms with Crippen LogP contribution in [0.5, 0.6) is 0 Å². The van der Waals surface area contributed by atoms with Crippen molar-refractivity contribution in [3.8, 4) is 11.4 Å². The molecule has 2 N–H and O–H groups in total. The Hall–Kier alpha value is -3.11. The largest absolute Gasteiger partial charge is 0.377 e. The lowest BCUT2D eigenvalue weighted by molar-refractivity contribution is 0.0985. The van der Waals surface area contributed by atoms with Crippen molar-refractivity contribution in [1.29, 1.82) is 0 Å². The van der Waals surface area contributed by atoms with E-state index in [-0.39, 0.29) is 12.1 Å². The summed E-state index contributed by atoms with van der Waals surface area (Å²) in [5.41, 5.74) is 2.53. The fraction of sp³-hybridized carbons (Fsp3) is 0.364. The van der Waals surface area contributed by atoms with Crippen LogP contribution in [0.15, 0.2) is 47.9 Å². The second-order valence-corrected chi connectivity index (χ2v) is 8.49. The van der Waals surface area contributed by atoms with Crippen molar-refractivity contribution in [1.82, 2.24) is 24.8 Å². The van der Waals surface area contributed by atoms with Crippen LogP contribution in [-0.4, -0.2) is 58.4 Å². The highest BCUT2D eigenvalue weighted by Crippen LogP contribution is 2.27. The van der Waals surface area contributed by atoms with E-state index in [1.165, 1.54) is 0 Å². The highest BCUT2D eigenvalue weighted by Gasteiger charge is 2.22. The van der Waals surface area contributed by atoms with Gasteiger partial charge in [-0.3, -0.25) is 0 Å². The lowest BCUT2D eigenvalue weighted by Gasteiger charge is -2.34. The first kappa shape index (κ1) is 22.1. The van der Waals surface area contributed by atoms with Crippen molar-refractivity contribution < 1.29 is 9.53 Å². The standard InChI is InChI=1S/C22H27N7O2S/c1-15-13-31-11-10-29(15)19-12-18(14-32-22-24-8-9-28(22)3)25-20(27-19)16-4-6-17(7-5-16)26-21(30)23-2/h4-9,12,15H,10-11,13-14H2,1-3H3,(H2,23,26,30)/t15-/m0/s1. The number of nitrogens with one attached hydrogen (secondary N) is 2. The molecular formula is C22H27N7O2S. The third-order valence-corrected chi connectivity index (χ3v) is 6.27. The lowest BCUT2D eigenvalue weighted by atomic mass is 10.2. The first-order chi connectivity index (χ1) is 15.5. The maximum absolute atomic E-state index is 11.6. The molecule has 0 spiro atoms. The molecule has 0 bridgehead atoms. The zero-order chi connectivity index (χ0) is 22.5. The van der Waals surface area contributed by atoms with Crippen molar-refractivity contribution in [3.63, 3.8) is 0 Å². The van der Waals surface area contributed by atoms with Gasteiger partial charge in [0, 0.05) is 56.1 Å². The topological polar surface area (TPSA) is 97.2 Å². The van der Waals surface area contributed by atoms with Gasteiger partial charge in [0.2, 0.25) is 0 Å². The molecule has 32 heavy (non-hydrogen) atoms. The zero-order valence-corrected chi connectivity index (χ0v) is 19.2. The van der Waals surface area contributed by atoms with Crippen molar-refractivity contribution in [2.24, 2.45) is 7.05 Å². The molecule has 0 saturated carbocycles. The molecule has 3 heterocycles. The van der Waals surface area contributed by atoms with E-state index in [1.807, 2.05) is 42.1 Å². The minimum absolute atomic E-state index is 0.237. The number of carbonyl (C=O) groups excluding carboxylic acids is 1. The summed E-state index contributed by atoms with van der Waals surface area (Å²) in [5.74, 6) is 2.24. The smallest absolute Gasteiger partial charge is 0.318 e. The number of anilines is 2. The molecule has 2 aromatic heterocycles. The number of benzene rings is 1. The number of nitrogens with zero attached hydrogens (tertiary/aromatic N) is 5. The highest BCUT2D eigenvalue weighted by molar-refractivity contribution is 7.98. The molecule has 1 atom stereocenters. The van der Waals surface area contributed by atoms with E-state index in [0.717, 1.165) is 28.8 Å². The van der Waals surface area contributed by atoms with E-state index < -0.39 is 0 Å². The normalized spacial score (nSPS) is 16.1. The van der Waals surface area contributed by atoms with E-state index in [2.05, 4.69) is 33.5 Å². The summed E-state index contributed by atoms with van der Waals surface area (Å²) in [7, 11) is 3.57. The lowest BCUT2D eigenvalue weighted by Crippen LogP contribution is -2.44. The number of thioether (sulfide) groups is 1. The second-order valence-electron chi connectivity index (χ2n) is 7.55. The van der Waals surface area contributed by atoms with Gasteiger partial charge < -0.3 is 24.8 Å². The highest BCUT2D eigenvalue weighted by atomic mass is 32.2. The predicted octanol–water partition coefficient (Wildman–Crippen LogP) is 3.15. The summed E-state index contributed by atoms with van der Waals surface area (Å²) in [4.78, 5) is 27.9. The summed E-state index contributed by atoms with van der Waals surface area (Å²) in [5, 5.41) is 6.25. The van der Waals surface area contributed by atoms with Gasteiger partial charge in [0.1, 0.15) is 5.82 Å². The fourth-order valence-corrected chi connectivity index (χ4v) is 4.25. The Kier molecular flexibility index (Phi) is 6.91. The van der Waals surface area contributed by atoms with Gasteiger partial charge in [-0.2, -0.15) is 0 Å². The van der Waals surface area contributed by atoms with E-state index in [1.54, 1.807) is 25.0 Å². The Bertz CT molecular complexity index is 1070. The average Bonchev–Trinajstić information content (AvgIpc) is 3.23. The number of carbonyl (C=O) groups is 1. The molecule has 1 fully saturated rings. The quantitative estimate of drug-likeness (QED) is 0.554. The number of aryl methyl sites for hydroxylation is 1. The third-order valence-electron chi connectivity index (χ3n) is 5.18. The Balaban J connectivity index is 1.63. The molecule has 1 aliphatic rings. The molecule has 4 rings (SSSR count). The second kappa shape index (κ2) is 10.0. The summed E-state index contributed by atoms with van der Waals surface area (Å²) >= 11 is 1.64. The van der Waals surface area contributed by atoms with Crippen molar-refractivity contribution in [3.05, 3.63) is 48.4 Å². The average molecular weight is 454 g/mol. The number of rotatable bonds is 6. The van der Waals surface area contributed by atoms with Gasteiger partial charge >= 0.3 is 6.03 Å². The molecule has 1 aliphatic heterocycles. The van der Waals surface area contributed by atoms with Crippen LogP contribution < -0.4 is 15.5 Å². The number of hydrogen-bond acceptors (Lipinski definition) is 7. The minimum Gasteiger partial charge on any atom is -0.377 e. The number of aromatic nitrogens is 4. The third kappa shape index (κ3) is 5.20. The molecule has 2 amide bonds. The van der Waals surface area contributed by atoms with Gasteiger partial charge in [0.25, 0.3) is 0 Å². The Morgan fingerprint density at radius 1 is 1.28 bits per heavy atom. The minimum atomic E-state index is -0.258. The molecule has 3 aromatic rings. The van der Waals surface area contributed by atoms with Crippen LogP contribution in [-0.2, 0) is 17.5 Å². The number of imidazole rings is 1. The number of amides is 2. The first-order valence-electron chi connectivity index (χ1n) is 10.4. The maximum Gasteiger partial charge on any atom is 0.318 e. The molecule has 1 aromatic carbocycles. The van der Waals surface area contributed by atoms with Crippen LogP contribution >= 0.6 is 11.8 Å². The van der Waals surface area contributed by atoms with E-state index >= 15 is 0 Å². The summed E-state index contributed by atoms with van der Waals surface area (Å²) in [6.45, 7) is 4.29. The SMILES string of the molecule is CNC(=O)Nc1ccc(-c2nc(CSc3nccn3C)cc(N3CCOC[C@@H]3C)n2)cc1. The van der Waals surface area contributed by atoms with Crippen LogP contribution in [0.25, 0.3) is 11.4 Å². The summed E-state index contributed by atoms with van der Waals surface area (Å²) < 4.78 is 7.60. The number of ether oxygens (including phenoxy) is 1. The van der Waals surface area contributed by atoms with E-state index in [9.17, 15) is 4.79 Å². The zero-order valence-electron chi connectivity index (χ0n) is 18.4. The number of morpholine rings is 1. The van der Waals surface area contributed by atoms with Crippen molar-refractivity contribution in [2.75, 3.05) is 37.0 Å². The van der Waals surface area contributed by atoms with Crippen LogP contribution in [0.1, 0.15) is 12.6 Å². The molecule has 1 saturated heterocycles. The van der Waals surface area contributed by atoms with E-state index in [4.69, 9.17) is 14.7 Å². The molecule has 0 radical (unpaired) electrons. The van der Waals surface area contributed by atoms with Gasteiger partial charge in [-0.15, -0.1) is 0 Å².